The summed E-state index contributed by atoms with van der Waals surface area (Å²) in [4.78, 5) is 33.0. The van der Waals surface area contributed by atoms with Gasteiger partial charge in [-0.1, -0.05) is 12.1 Å². The van der Waals surface area contributed by atoms with E-state index in [2.05, 4.69) is 20.6 Å². The molecule has 30 heavy (non-hydrogen) atoms. The normalized spacial score (nSPS) is 13.8. The molecule has 160 valence electrons. The van der Waals surface area contributed by atoms with E-state index in [0.29, 0.717) is 11.3 Å². The van der Waals surface area contributed by atoms with Crippen LogP contribution < -0.4 is 16.2 Å². The molecule has 0 bridgehead atoms. The van der Waals surface area contributed by atoms with Crippen molar-refractivity contribution >= 4 is 36.4 Å². The third kappa shape index (κ3) is 4.92. The lowest BCUT2D eigenvalue weighted by Crippen LogP contribution is -2.37. The number of imidazole rings is 1. The minimum Gasteiger partial charge on any atom is -0.345 e. The predicted octanol–water partition coefficient (Wildman–Crippen LogP) is 3.57. The first-order valence-corrected chi connectivity index (χ1v) is 9.46. The molecule has 3 N–H and O–H groups in total. The average Bonchev–Trinajstić information content (AvgIpc) is 3.24. The number of aromatic nitrogens is 3. The summed E-state index contributed by atoms with van der Waals surface area (Å²) in [6.07, 6.45) is 6.91. The van der Waals surface area contributed by atoms with Gasteiger partial charge in [0.2, 0.25) is 0 Å². The Hall–Kier alpha value is -2.61. The first-order chi connectivity index (χ1) is 13.6. The zero-order valence-corrected chi connectivity index (χ0v) is 18.2. The van der Waals surface area contributed by atoms with Gasteiger partial charge in [-0.3, -0.25) is 9.59 Å². The van der Waals surface area contributed by atoms with E-state index in [1.807, 2.05) is 30.5 Å². The number of pyridine rings is 1. The highest BCUT2D eigenvalue weighted by Gasteiger charge is 2.21. The average molecular weight is 450 g/mol. The lowest BCUT2D eigenvalue weighted by molar-refractivity contribution is 0.102. The van der Waals surface area contributed by atoms with Gasteiger partial charge in [0.25, 0.3) is 11.5 Å². The number of carbonyl (C=O) groups is 1. The molecule has 0 saturated carbocycles. The van der Waals surface area contributed by atoms with Gasteiger partial charge in [0, 0.05) is 23.5 Å². The molecule has 0 atom stereocenters. The first kappa shape index (κ1) is 23.7. The lowest BCUT2D eigenvalue weighted by atomic mass is 10.0. The van der Waals surface area contributed by atoms with E-state index < -0.39 is 0 Å². The molecular formula is C21H25Cl2N5O2. The second kappa shape index (κ2) is 10.4. The van der Waals surface area contributed by atoms with Crippen molar-refractivity contribution in [2.45, 2.75) is 25.8 Å². The second-order valence-electron chi connectivity index (χ2n) is 7.07. The van der Waals surface area contributed by atoms with Crippen LogP contribution >= 0.6 is 24.8 Å². The number of H-pyrrole nitrogens is 1. The molecule has 1 fully saturated rings. The van der Waals surface area contributed by atoms with Crippen LogP contribution in [0.25, 0.3) is 11.3 Å². The number of carbonyl (C=O) groups excluding carboxylic acids is 1. The number of piperidine rings is 1. The van der Waals surface area contributed by atoms with Crippen LogP contribution in [-0.4, -0.2) is 33.5 Å². The fraction of sp³-hybridized carbons (Fsp3) is 0.286. The number of benzene rings is 1. The number of amides is 1. The maximum Gasteiger partial charge on any atom is 0.263 e. The highest BCUT2D eigenvalue weighted by atomic mass is 35.5. The van der Waals surface area contributed by atoms with Gasteiger partial charge in [-0.2, -0.15) is 0 Å². The zero-order chi connectivity index (χ0) is 19.5. The lowest BCUT2D eigenvalue weighted by Gasteiger charge is -2.25. The van der Waals surface area contributed by atoms with Crippen LogP contribution in [0.1, 0.15) is 34.8 Å². The number of anilines is 1. The Kier molecular flexibility index (Phi) is 8.23. The zero-order valence-electron chi connectivity index (χ0n) is 16.6. The number of nitrogens with zero attached hydrogens (tertiary/aromatic N) is 2. The third-order valence-corrected chi connectivity index (χ3v) is 5.19. The second-order valence-corrected chi connectivity index (χ2v) is 7.07. The number of aromatic amines is 1. The van der Waals surface area contributed by atoms with E-state index in [1.54, 1.807) is 30.1 Å². The molecule has 3 aromatic rings. The van der Waals surface area contributed by atoms with Gasteiger partial charge in [0.1, 0.15) is 5.56 Å². The van der Waals surface area contributed by atoms with E-state index in [-0.39, 0.29) is 47.9 Å². The van der Waals surface area contributed by atoms with Crippen LogP contribution in [0.4, 0.5) is 5.69 Å². The molecule has 0 spiro atoms. The van der Waals surface area contributed by atoms with Crippen LogP contribution in [0.2, 0.25) is 0 Å². The summed E-state index contributed by atoms with van der Waals surface area (Å²) >= 11 is 0. The Bertz CT molecular complexity index is 1040. The van der Waals surface area contributed by atoms with Crippen molar-refractivity contribution in [2.75, 3.05) is 18.4 Å². The summed E-state index contributed by atoms with van der Waals surface area (Å²) in [6, 6.07) is 9.43. The van der Waals surface area contributed by atoms with E-state index in [4.69, 9.17) is 0 Å². The van der Waals surface area contributed by atoms with Gasteiger partial charge in [-0.15, -0.1) is 24.8 Å². The van der Waals surface area contributed by atoms with Crippen LogP contribution in [0.3, 0.4) is 0 Å². The summed E-state index contributed by atoms with van der Waals surface area (Å²) in [5, 5.41) is 6.17. The topological polar surface area (TPSA) is 91.8 Å². The van der Waals surface area contributed by atoms with Gasteiger partial charge >= 0.3 is 0 Å². The summed E-state index contributed by atoms with van der Waals surface area (Å²) in [6.45, 7) is 3.56. The van der Waals surface area contributed by atoms with Gasteiger partial charge in [-0.05, 0) is 56.6 Å². The Labute approximate surface area is 187 Å². The van der Waals surface area contributed by atoms with Crippen molar-refractivity contribution in [3.05, 3.63) is 70.5 Å². The summed E-state index contributed by atoms with van der Waals surface area (Å²) in [5.74, 6) is -0.382. The van der Waals surface area contributed by atoms with Crippen molar-refractivity contribution in [3.8, 4) is 11.3 Å². The van der Waals surface area contributed by atoms with Gasteiger partial charge in [0.15, 0.2) is 0 Å². The first-order valence-electron chi connectivity index (χ1n) is 9.46. The highest BCUT2D eigenvalue weighted by molar-refractivity contribution is 6.05. The van der Waals surface area contributed by atoms with E-state index in [1.165, 1.54) is 0 Å². The van der Waals surface area contributed by atoms with Gasteiger partial charge < -0.3 is 20.2 Å². The molecule has 0 aliphatic carbocycles. The largest absolute Gasteiger partial charge is 0.345 e. The molecule has 1 aliphatic rings. The predicted molar refractivity (Wildman–Crippen MR) is 123 cm³/mol. The van der Waals surface area contributed by atoms with Gasteiger partial charge in [-0.25, -0.2) is 4.98 Å². The molecule has 9 heteroatoms. The Morgan fingerprint density at radius 3 is 2.67 bits per heavy atom. The van der Waals surface area contributed by atoms with Crippen molar-refractivity contribution in [2.24, 2.45) is 0 Å². The number of aryl methyl sites for hydroxylation is 1. The van der Waals surface area contributed by atoms with Crippen molar-refractivity contribution in [1.82, 2.24) is 19.9 Å². The molecule has 0 unspecified atom stereocenters. The van der Waals surface area contributed by atoms with Crippen molar-refractivity contribution in [3.63, 3.8) is 0 Å². The minimum atomic E-state index is -0.382. The monoisotopic (exact) mass is 449 g/mol. The Morgan fingerprint density at radius 2 is 1.97 bits per heavy atom. The van der Waals surface area contributed by atoms with Crippen LogP contribution in [0, 0.1) is 6.92 Å². The molecule has 1 amide bonds. The number of hydrogen-bond donors (Lipinski definition) is 3. The number of halogens is 2. The maximum atomic E-state index is 13.0. The Balaban J connectivity index is 0.00000160. The van der Waals surface area contributed by atoms with E-state index in [0.717, 1.165) is 37.2 Å². The van der Waals surface area contributed by atoms with Crippen LogP contribution in [0.15, 0.2) is 53.8 Å². The van der Waals surface area contributed by atoms with E-state index in [9.17, 15) is 9.59 Å². The third-order valence-electron chi connectivity index (χ3n) is 5.19. The summed E-state index contributed by atoms with van der Waals surface area (Å²) in [5.41, 5.74) is 3.06. The number of nitrogens with one attached hydrogen (secondary N) is 3. The molecular weight excluding hydrogens is 425 g/mol. The fourth-order valence-electron chi connectivity index (χ4n) is 3.66. The van der Waals surface area contributed by atoms with Crippen LogP contribution in [-0.2, 0) is 0 Å². The summed E-state index contributed by atoms with van der Waals surface area (Å²) < 4.78 is 1.71. The molecule has 2 aromatic heterocycles. The standard InChI is InChI=1S/C21H23N5O2.2ClH/c1-14-7-10-26(17-5-8-22-9-6-17)21(28)19(14)20(27)25-16-4-2-3-15(11-16)18-12-23-13-24-18;;/h2-4,7,10-13,17,22H,5-6,8-9H2,1H3,(H,23,24)(H,25,27);2*1H. The fourth-order valence-corrected chi connectivity index (χ4v) is 3.66. The van der Waals surface area contributed by atoms with Gasteiger partial charge in [0.05, 0.1) is 18.2 Å². The highest BCUT2D eigenvalue weighted by Crippen LogP contribution is 2.21. The maximum absolute atomic E-state index is 13.0. The van der Waals surface area contributed by atoms with Crippen molar-refractivity contribution < 1.29 is 4.79 Å². The molecule has 1 aromatic carbocycles. The van der Waals surface area contributed by atoms with E-state index >= 15 is 0 Å². The minimum absolute atomic E-state index is 0. The SMILES string of the molecule is Cc1ccn(C2CCNCC2)c(=O)c1C(=O)Nc1cccc(-c2cnc[nH]2)c1.Cl.Cl. The Morgan fingerprint density at radius 1 is 1.20 bits per heavy atom. The number of rotatable bonds is 4. The van der Waals surface area contributed by atoms with Crippen LogP contribution in [0.5, 0.6) is 0 Å². The molecule has 1 saturated heterocycles. The molecule has 0 radical (unpaired) electrons. The molecule has 3 heterocycles. The molecule has 1 aliphatic heterocycles. The smallest absolute Gasteiger partial charge is 0.263 e. The van der Waals surface area contributed by atoms with Crippen molar-refractivity contribution in [1.29, 1.82) is 0 Å². The molecule has 7 nitrogen and oxygen atoms in total. The molecule has 4 rings (SSSR count). The quantitative estimate of drug-likeness (QED) is 0.567. The number of hydrogen-bond acceptors (Lipinski definition) is 4. The summed E-state index contributed by atoms with van der Waals surface area (Å²) in [7, 11) is 0.